The van der Waals surface area contributed by atoms with Crippen LogP contribution in [0.4, 0.5) is 10.5 Å². The Labute approximate surface area is 237 Å². The molecule has 2 aromatic rings. The SMILES string of the molecule is COC(=O)NC(C(=O)N1CCCC1C(=O)N(B1OC(C)(C)C(C)(C)O1)c1ccc(-c2ccccc2)cc1)C(C)C. The van der Waals surface area contributed by atoms with E-state index in [0.717, 1.165) is 11.1 Å². The maximum atomic E-state index is 14.4. The monoisotopic (exact) mass is 549 g/mol. The fourth-order valence-corrected chi connectivity index (χ4v) is 5.04. The van der Waals surface area contributed by atoms with Gasteiger partial charge in [-0.3, -0.25) is 9.59 Å². The number of benzene rings is 2. The second-order valence-corrected chi connectivity index (χ2v) is 11.7. The van der Waals surface area contributed by atoms with Gasteiger partial charge in [-0.25, -0.2) is 4.79 Å². The Balaban J connectivity index is 1.67. The first kappa shape index (κ1) is 29.6. The number of carbonyl (C=O) groups is 3. The number of methoxy groups -OCH3 is 1. The molecular weight excluding hydrogens is 509 g/mol. The van der Waals surface area contributed by atoms with Gasteiger partial charge < -0.3 is 29.1 Å². The number of nitrogens with zero attached hydrogens (tertiary/aromatic N) is 2. The summed E-state index contributed by atoms with van der Waals surface area (Å²) in [5.41, 5.74) is 1.34. The predicted octanol–water partition coefficient (Wildman–Crippen LogP) is 4.65. The molecule has 0 radical (unpaired) electrons. The lowest BCUT2D eigenvalue weighted by atomic mass is 9.90. The molecule has 10 heteroatoms. The third-order valence-corrected chi connectivity index (χ3v) is 8.15. The molecule has 0 saturated carbocycles. The van der Waals surface area contributed by atoms with Crippen molar-refractivity contribution in [2.45, 2.75) is 77.7 Å². The van der Waals surface area contributed by atoms with E-state index in [1.165, 1.54) is 11.9 Å². The normalized spacial score (nSPS) is 20.4. The number of hydrogen-bond donors (Lipinski definition) is 1. The number of alkyl carbamates (subject to hydrolysis) is 1. The van der Waals surface area contributed by atoms with Crippen LogP contribution in [0.1, 0.15) is 54.4 Å². The number of carbonyl (C=O) groups excluding carboxylic acids is 3. The Morgan fingerprint density at radius 1 is 0.975 bits per heavy atom. The van der Waals surface area contributed by atoms with E-state index < -0.39 is 36.6 Å². The van der Waals surface area contributed by atoms with E-state index in [0.29, 0.717) is 25.1 Å². The molecule has 2 saturated heterocycles. The van der Waals surface area contributed by atoms with Crippen LogP contribution < -0.4 is 10.1 Å². The van der Waals surface area contributed by atoms with E-state index in [-0.39, 0.29) is 17.7 Å². The standard InChI is InChI=1S/C30H40BN3O6/c1-20(2)25(32-28(37)38-7)27(36)33-19-11-14-24(33)26(35)34(31-39-29(3,4)30(5,6)40-31)23-17-15-22(16-18-23)21-12-9-8-10-13-21/h8-10,12-13,15-18,20,24-25H,11,14,19H2,1-7H3,(H,32,37). The molecule has 0 spiro atoms. The molecule has 9 nitrogen and oxygen atoms in total. The summed E-state index contributed by atoms with van der Waals surface area (Å²) in [6.07, 6.45) is 0.465. The average molecular weight is 549 g/mol. The minimum absolute atomic E-state index is 0.201. The zero-order chi connectivity index (χ0) is 29.2. The number of nitrogens with one attached hydrogen (secondary N) is 1. The average Bonchev–Trinajstić information content (AvgIpc) is 3.49. The summed E-state index contributed by atoms with van der Waals surface area (Å²) in [6.45, 7) is 11.8. The maximum absolute atomic E-state index is 14.4. The second-order valence-electron chi connectivity index (χ2n) is 11.7. The predicted molar refractivity (Wildman–Crippen MR) is 154 cm³/mol. The van der Waals surface area contributed by atoms with Crippen LogP contribution in [-0.2, 0) is 23.6 Å². The van der Waals surface area contributed by atoms with Gasteiger partial charge >= 0.3 is 13.3 Å². The highest BCUT2D eigenvalue weighted by Crippen LogP contribution is 2.39. The van der Waals surface area contributed by atoms with Crippen LogP contribution >= 0.6 is 0 Å². The molecule has 2 aromatic carbocycles. The Kier molecular flexibility index (Phi) is 8.61. The Hall–Kier alpha value is -3.37. The first-order valence-corrected chi connectivity index (χ1v) is 13.9. The molecule has 214 valence electrons. The molecule has 1 N–H and O–H groups in total. The van der Waals surface area contributed by atoms with Crippen molar-refractivity contribution in [1.82, 2.24) is 10.2 Å². The fourth-order valence-electron chi connectivity index (χ4n) is 5.04. The lowest BCUT2D eigenvalue weighted by Crippen LogP contribution is -2.58. The van der Waals surface area contributed by atoms with Gasteiger partial charge in [-0.2, -0.15) is 0 Å². The fraction of sp³-hybridized carbons (Fsp3) is 0.500. The van der Waals surface area contributed by atoms with Gasteiger partial charge in [-0.15, -0.1) is 0 Å². The number of ether oxygens (including phenoxy) is 1. The van der Waals surface area contributed by atoms with Gasteiger partial charge in [0.1, 0.15) is 12.1 Å². The lowest BCUT2D eigenvalue weighted by molar-refractivity contribution is -0.139. The number of likely N-dealkylation sites (tertiary alicyclic amines) is 1. The maximum Gasteiger partial charge on any atom is 0.601 e. The molecule has 2 unspecified atom stereocenters. The second kappa shape index (κ2) is 11.6. The van der Waals surface area contributed by atoms with Crippen LogP contribution in [0.2, 0.25) is 0 Å². The topological polar surface area (TPSA) is 97.4 Å². The smallest absolute Gasteiger partial charge is 0.453 e. The summed E-state index contributed by atoms with van der Waals surface area (Å²) >= 11 is 0. The number of hydrogen-bond acceptors (Lipinski definition) is 6. The summed E-state index contributed by atoms with van der Waals surface area (Å²) in [5.74, 6) is -0.811. The van der Waals surface area contributed by atoms with Gasteiger partial charge in [0.25, 0.3) is 0 Å². The summed E-state index contributed by atoms with van der Waals surface area (Å²) in [6, 6.07) is 16.1. The van der Waals surface area contributed by atoms with E-state index in [4.69, 9.17) is 14.0 Å². The molecule has 40 heavy (non-hydrogen) atoms. The van der Waals surface area contributed by atoms with Gasteiger partial charge in [0.05, 0.1) is 18.3 Å². The van der Waals surface area contributed by atoms with Crippen molar-refractivity contribution in [3.63, 3.8) is 0 Å². The summed E-state index contributed by atoms with van der Waals surface area (Å²) < 4.78 is 17.4. The summed E-state index contributed by atoms with van der Waals surface area (Å²) in [5, 5.41) is 2.63. The molecular formula is C30H40BN3O6. The van der Waals surface area contributed by atoms with E-state index in [2.05, 4.69) is 5.32 Å². The highest BCUT2D eigenvalue weighted by atomic mass is 16.7. The van der Waals surface area contributed by atoms with Crippen molar-refractivity contribution in [3.8, 4) is 11.1 Å². The molecule has 4 rings (SSSR count). The van der Waals surface area contributed by atoms with Crippen molar-refractivity contribution >= 4 is 30.8 Å². The van der Waals surface area contributed by atoms with Gasteiger partial charge in [-0.1, -0.05) is 56.3 Å². The van der Waals surface area contributed by atoms with Crippen LogP contribution in [0.3, 0.4) is 0 Å². The quantitative estimate of drug-likeness (QED) is 0.506. The van der Waals surface area contributed by atoms with Gasteiger partial charge in [-0.05, 0) is 69.7 Å². The Bertz CT molecular complexity index is 1200. The zero-order valence-electron chi connectivity index (χ0n) is 24.5. The highest BCUT2D eigenvalue weighted by molar-refractivity contribution is 6.57. The highest BCUT2D eigenvalue weighted by Gasteiger charge is 2.57. The first-order valence-electron chi connectivity index (χ1n) is 13.9. The number of amides is 3. The summed E-state index contributed by atoms with van der Waals surface area (Å²) in [4.78, 5) is 43.1. The molecule has 2 atom stereocenters. The van der Waals surface area contributed by atoms with E-state index in [9.17, 15) is 14.4 Å². The van der Waals surface area contributed by atoms with Crippen molar-refractivity contribution < 1.29 is 28.4 Å². The van der Waals surface area contributed by atoms with Crippen LogP contribution in [0.25, 0.3) is 11.1 Å². The zero-order valence-corrected chi connectivity index (χ0v) is 24.5. The van der Waals surface area contributed by atoms with E-state index in [1.54, 1.807) is 4.90 Å². The Morgan fingerprint density at radius 3 is 2.10 bits per heavy atom. The molecule has 0 bridgehead atoms. The summed E-state index contributed by atoms with van der Waals surface area (Å²) in [7, 11) is 0.275. The van der Waals surface area contributed by atoms with Crippen LogP contribution in [0.15, 0.2) is 54.6 Å². The van der Waals surface area contributed by atoms with Crippen molar-refractivity contribution in [2.75, 3.05) is 18.5 Å². The molecule has 2 fully saturated rings. The van der Waals surface area contributed by atoms with Gasteiger partial charge in [0, 0.05) is 12.2 Å². The minimum Gasteiger partial charge on any atom is -0.453 e. The van der Waals surface area contributed by atoms with E-state index in [1.807, 2.05) is 96.1 Å². The molecule has 2 aliphatic heterocycles. The van der Waals surface area contributed by atoms with Gasteiger partial charge in [0.15, 0.2) is 0 Å². The largest absolute Gasteiger partial charge is 0.601 e. The van der Waals surface area contributed by atoms with Crippen LogP contribution in [-0.4, -0.2) is 67.0 Å². The van der Waals surface area contributed by atoms with E-state index >= 15 is 0 Å². The molecule has 3 amide bonds. The molecule has 2 aliphatic rings. The lowest BCUT2D eigenvalue weighted by Gasteiger charge is -2.34. The van der Waals surface area contributed by atoms with Crippen molar-refractivity contribution in [1.29, 1.82) is 0 Å². The third-order valence-electron chi connectivity index (χ3n) is 8.15. The molecule has 0 aromatic heterocycles. The molecule has 0 aliphatic carbocycles. The molecule has 2 heterocycles. The van der Waals surface area contributed by atoms with Gasteiger partial charge in [0.2, 0.25) is 11.8 Å². The van der Waals surface area contributed by atoms with Crippen LogP contribution in [0.5, 0.6) is 0 Å². The Morgan fingerprint density at radius 2 is 1.55 bits per heavy atom. The third kappa shape index (κ3) is 5.88. The number of rotatable bonds is 7. The first-order chi connectivity index (χ1) is 18.9. The van der Waals surface area contributed by atoms with Crippen molar-refractivity contribution in [3.05, 3.63) is 54.6 Å². The van der Waals surface area contributed by atoms with Crippen molar-refractivity contribution in [2.24, 2.45) is 5.92 Å². The number of anilines is 1. The van der Waals surface area contributed by atoms with Crippen LogP contribution in [0, 0.1) is 5.92 Å². The minimum atomic E-state index is -0.980.